The Morgan fingerprint density at radius 3 is 2.24 bits per heavy atom. The molecule has 0 amide bonds. The lowest BCUT2D eigenvalue weighted by Crippen LogP contribution is -2.52. The van der Waals surface area contributed by atoms with Gasteiger partial charge in [-0.3, -0.25) is 9.11 Å². The summed E-state index contributed by atoms with van der Waals surface area (Å²) in [6, 6.07) is 0. The van der Waals surface area contributed by atoms with Gasteiger partial charge in [-0.1, -0.05) is 25.5 Å². The largest absolute Gasteiger partial charge is 0.397 e. The van der Waals surface area contributed by atoms with Gasteiger partial charge in [-0.25, -0.2) is 8.37 Å². The minimum Gasteiger partial charge on any atom is -0.264 e. The van der Waals surface area contributed by atoms with Crippen molar-refractivity contribution < 1.29 is 34.3 Å². The average molecular weight is 451 g/mol. The molecule has 0 spiro atoms. The Hall–Kier alpha value is -0.520. The highest BCUT2D eigenvalue weighted by atomic mass is 32.3. The molecule has 0 saturated heterocycles. The summed E-state index contributed by atoms with van der Waals surface area (Å²) in [7, 11) is -8.94. The lowest BCUT2D eigenvalue weighted by molar-refractivity contribution is -0.0701. The minimum absolute atomic E-state index is 0.0364. The normalized spacial score (nSPS) is 45.1. The first-order valence-corrected chi connectivity index (χ1v) is 13.1. The molecule has 0 aromatic carbocycles. The highest BCUT2D eigenvalue weighted by Gasteiger charge is 2.60. The maximum atomic E-state index is 11.3. The van der Waals surface area contributed by atoms with E-state index < -0.39 is 33.0 Å². The van der Waals surface area contributed by atoms with E-state index in [0.717, 1.165) is 38.5 Å². The van der Waals surface area contributed by atoms with Gasteiger partial charge >= 0.3 is 20.8 Å². The molecule has 0 aromatic heterocycles. The molecular weight excluding hydrogens is 420 g/mol. The molecule has 2 N–H and O–H groups in total. The van der Waals surface area contributed by atoms with E-state index in [1.165, 1.54) is 5.57 Å². The fraction of sp³-hybridized carbons (Fsp3) is 0.895. The summed E-state index contributed by atoms with van der Waals surface area (Å²) in [5.41, 5.74) is 0.913. The van der Waals surface area contributed by atoms with Gasteiger partial charge in [0.15, 0.2) is 0 Å². The number of rotatable bonds is 4. The van der Waals surface area contributed by atoms with Gasteiger partial charge in [0.05, 0.1) is 12.2 Å². The van der Waals surface area contributed by atoms with E-state index in [1.807, 2.05) is 6.08 Å². The molecular formula is C19H30O8S2. The SMILES string of the molecule is C[C@]12CCC(OS(=O)(=O)O)C=C1CC[C@@H]1[C@@H]2CC[C@]2(C)C(OS(=O)(=O)O)CC[C@@H]12. The van der Waals surface area contributed by atoms with E-state index in [2.05, 4.69) is 13.8 Å². The fourth-order valence-corrected chi connectivity index (χ4v) is 8.26. The molecule has 7 atom stereocenters. The highest BCUT2D eigenvalue weighted by Crippen LogP contribution is 2.65. The molecule has 0 aliphatic heterocycles. The smallest absolute Gasteiger partial charge is 0.264 e. The van der Waals surface area contributed by atoms with Crippen LogP contribution in [-0.2, 0) is 29.2 Å². The lowest BCUT2D eigenvalue weighted by Gasteiger charge is -2.58. The van der Waals surface area contributed by atoms with Crippen LogP contribution in [0.4, 0.5) is 0 Å². The van der Waals surface area contributed by atoms with Crippen LogP contribution in [0.15, 0.2) is 11.6 Å². The van der Waals surface area contributed by atoms with E-state index in [9.17, 15) is 21.4 Å². The fourth-order valence-electron chi connectivity index (χ4n) is 7.19. The van der Waals surface area contributed by atoms with Gasteiger partial charge in [0.25, 0.3) is 0 Å². The molecule has 10 heteroatoms. The van der Waals surface area contributed by atoms with Gasteiger partial charge in [-0.2, -0.15) is 16.8 Å². The van der Waals surface area contributed by atoms with Crippen LogP contribution in [0.1, 0.15) is 65.2 Å². The monoisotopic (exact) mass is 450 g/mol. The highest BCUT2D eigenvalue weighted by molar-refractivity contribution is 7.81. The summed E-state index contributed by atoms with van der Waals surface area (Å²) in [4.78, 5) is 0. The second kappa shape index (κ2) is 7.00. The van der Waals surface area contributed by atoms with Gasteiger partial charge < -0.3 is 0 Å². The zero-order valence-electron chi connectivity index (χ0n) is 16.8. The maximum Gasteiger partial charge on any atom is 0.397 e. The Morgan fingerprint density at radius 1 is 0.897 bits per heavy atom. The van der Waals surface area contributed by atoms with E-state index in [1.54, 1.807) is 0 Å². The molecule has 4 aliphatic rings. The first-order valence-electron chi connectivity index (χ1n) is 10.3. The summed E-state index contributed by atoms with van der Waals surface area (Å²) >= 11 is 0. The second-order valence-electron chi connectivity index (χ2n) is 9.76. The van der Waals surface area contributed by atoms with Crippen LogP contribution in [0, 0.1) is 28.6 Å². The first-order chi connectivity index (χ1) is 13.3. The van der Waals surface area contributed by atoms with Crippen molar-refractivity contribution in [1.29, 1.82) is 0 Å². The lowest BCUT2D eigenvalue weighted by atomic mass is 9.47. The third-order valence-corrected chi connectivity index (χ3v) is 9.43. The summed E-state index contributed by atoms with van der Waals surface area (Å²) in [6.45, 7) is 4.35. The molecule has 4 rings (SSSR count). The van der Waals surface area contributed by atoms with E-state index >= 15 is 0 Å². The van der Waals surface area contributed by atoms with Crippen LogP contribution in [0.3, 0.4) is 0 Å². The van der Waals surface area contributed by atoms with Crippen molar-refractivity contribution in [2.45, 2.75) is 77.4 Å². The average Bonchev–Trinajstić information content (AvgIpc) is 2.89. The van der Waals surface area contributed by atoms with E-state index in [-0.39, 0.29) is 10.8 Å². The van der Waals surface area contributed by atoms with Crippen molar-refractivity contribution in [3.63, 3.8) is 0 Å². The number of hydrogen-bond acceptors (Lipinski definition) is 6. The van der Waals surface area contributed by atoms with Gasteiger partial charge in [0.1, 0.15) is 0 Å². The Bertz CT molecular complexity index is 910. The van der Waals surface area contributed by atoms with Crippen LogP contribution in [0.5, 0.6) is 0 Å². The van der Waals surface area contributed by atoms with Crippen molar-refractivity contribution in [3.05, 3.63) is 11.6 Å². The molecule has 166 valence electrons. The van der Waals surface area contributed by atoms with Crippen LogP contribution >= 0.6 is 0 Å². The predicted molar refractivity (Wildman–Crippen MR) is 105 cm³/mol. The second-order valence-corrected chi connectivity index (χ2v) is 11.9. The maximum absolute atomic E-state index is 11.3. The molecule has 29 heavy (non-hydrogen) atoms. The van der Waals surface area contributed by atoms with E-state index in [4.69, 9.17) is 12.9 Å². The Labute approximate surface area is 172 Å². The van der Waals surface area contributed by atoms with Crippen molar-refractivity contribution >= 4 is 20.8 Å². The standard InChI is InChI=1S/C19H30O8S2/c1-18-9-7-13(26-28(20,21)22)11-12(18)3-4-14-15-5-6-17(27-29(23,24)25)19(15,2)10-8-16(14)18/h11,13-17H,3-10H2,1-2H3,(H,20,21,22)(H,23,24,25)/t13?,14-,15-,16-,17?,18-,19-/m0/s1. The number of hydrogen-bond donors (Lipinski definition) is 2. The van der Waals surface area contributed by atoms with Crippen molar-refractivity contribution in [1.82, 2.24) is 0 Å². The summed E-state index contributed by atoms with van der Waals surface area (Å²) < 4.78 is 72.9. The van der Waals surface area contributed by atoms with Gasteiger partial charge in [0, 0.05) is 0 Å². The Balaban J connectivity index is 1.57. The molecule has 8 nitrogen and oxygen atoms in total. The minimum atomic E-state index is -4.47. The molecule has 0 bridgehead atoms. The first kappa shape index (κ1) is 21.7. The molecule has 3 fully saturated rings. The predicted octanol–water partition coefficient (Wildman–Crippen LogP) is 3.33. The van der Waals surface area contributed by atoms with Crippen molar-refractivity contribution in [2.75, 3.05) is 0 Å². The van der Waals surface area contributed by atoms with Gasteiger partial charge in [0.2, 0.25) is 0 Å². The van der Waals surface area contributed by atoms with Crippen LogP contribution in [-0.4, -0.2) is 38.1 Å². The number of allylic oxidation sites excluding steroid dienone is 1. The van der Waals surface area contributed by atoms with Crippen LogP contribution < -0.4 is 0 Å². The molecule has 0 aromatic rings. The molecule has 0 radical (unpaired) electrons. The van der Waals surface area contributed by atoms with Crippen LogP contribution in [0.2, 0.25) is 0 Å². The van der Waals surface area contributed by atoms with Gasteiger partial charge in [-0.15, -0.1) is 0 Å². The zero-order valence-corrected chi connectivity index (χ0v) is 18.4. The third kappa shape index (κ3) is 3.92. The van der Waals surface area contributed by atoms with Crippen LogP contribution in [0.25, 0.3) is 0 Å². The quantitative estimate of drug-likeness (QED) is 0.493. The summed E-state index contributed by atoms with van der Waals surface area (Å²) in [6.07, 6.45) is 7.25. The number of fused-ring (bicyclic) bond motifs is 5. The molecule has 4 aliphatic carbocycles. The van der Waals surface area contributed by atoms with Crippen molar-refractivity contribution in [3.8, 4) is 0 Å². The summed E-state index contributed by atoms with van der Waals surface area (Å²) in [5, 5.41) is 0. The molecule has 2 unspecified atom stereocenters. The summed E-state index contributed by atoms with van der Waals surface area (Å²) in [5.74, 6) is 1.24. The van der Waals surface area contributed by atoms with Crippen molar-refractivity contribution in [2.24, 2.45) is 28.6 Å². The Kier molecular flexibility index (Phi) is 5.24. The Morgan fingerprint density at radius 2 is 1.59 bits per heavy atom. The third-order valence-electron chi connectivity index (χ3n) is 8.47. The zero-order chi connectivity index (χ0) is 21.2. The molecule has 0 heterocycles. The molecule has 3 saturated carbocycles. The van der Waals surface area contributed by atoms with Gasteiger partial charge in [-0.05, 0) is 80.0 Å². The van der Waals surface area contributed by atoms with E-state index in [0.29, 0.717) is 30.6 Å². The topological polar surface area (TPSA) is 127 Å².